The zero-order valence-electron chi connectivity index (χ0n) is 15.5. The second-order valence-corrected chi connectivity index (χ2v) is 7.00. The standard InChI is InChI=1S/C20H23N3O4/c1-13-3-10-19(21-12-13)27-17-8-6-16(7-9-17)22-20(24)15-5-4-14(2)18(11-15)23(25)26/h3-5,10-12,16-17H,6-9H2,1-2H3,(H,22,24). The minimum atomic E-state index is -0.465. The van der Waals surface area contributed by atoms with Crippen LogP contribution < -0.4 is 10.1 Å². The van der Waals surface area contributed by atoms with Crippen LogP contribution in [0.15, 0.2) is 36.5 Å². The highest BCUT2D eigenvalue weighted by Crippen LogP contribution is 2.24. The zero-order chi connectivity index (χ0) is 19.4. The molecule has 7 nitrogen and oxygen atoms in total. The van der Waals surface area contributed by atoms with Crippen molar-refractivity contribution in [2.24, 2.45) is 0 Å². The maximum absolute atomic E-state index is 12.4. The van der Waals surface area contributed by atoms with Crippen LogP contribution in [0.2, 0.25) is 0 Å². The Bertz CT molecular complexity index is 828. The van der Waals surface area contributed by atoms with E-state index in [1.807, 2.05) is 19.1 Å². The number of carbonyl (C=O) groups is 1. The SMILES string of the molecule is Cc1ccc(OC2CCC(NC(=O)c3ccc(C)c([N+](=O)[O-])c3)CC2)nc1. The Morgan fingerprint density at radius 1 is 1.19 bits per heavy atom. The number of hydrogen-bond donors (Lipinski definition) is 1. The van der Waals surface area contributed by atoms with Gasteiger partial charge in [-0.2, -0.15) is 0 Å². The lowest BCUT2D eigenvalue weighted by Gasteiger charge is -2.29. The summed E-state index contributed by atoms with van der Waals surface area (Å²) in [6, 6.07) is 8.44. The summed E-state index contributed by atoms with van der Waals surface area (Å²) in [6.07, 6.45) is 5.13. The van der Waals surface area contributed by atoms with E-state index in [2.05, 4.69) is 10.3 Å². The second-order valence-electron chi connectivity index (χ2n) is 7.00. The first kappa shape index (κ1) is 18.8. The molecule has 1 heterocycles. The first-order valence-electron chi connectivity index (χ1n) is 9.07. The van der Waals surface area contributed by atoms with E-state index in [9.17, 15) is 14.9 Å². The molecule has 1 aromatic carbocycles. The molecule has 0 spiro atoms. The fourth-order valence-electron chi connectivity index (χ4n) is 3.24. The largest absolute Gasteiger partial charge is 0.474 e. The fourth-order valence-corrected chi connectivity index (χ4v) is 3.24. The van der Waals surface area contributed by atoms with Gasteiger partial charge in [-0.05, 0) is 51.2 Å². The number of nitro benzene ring substituents is 1. The average Bonchev–Trinajstić information content (AvgIpc) is 2.65. The van der Waals surface area contributed by atoms with Crippen molar-refractivity contribution in [2.45, 2.75) is 51.7 Å². The third-order valence-electron chi connectivity index (χ3n) is 4.85. The van der Waals surface area contributed by atoms with E-state index in [1.165, 1.54) is 6.07 Å². The minimum Gasteiger partial charge on any atom is -0.474 e. The molecule has 3 rings (SSSR count). The number of ether oxygens (including phenoxy) is 1. The summed E-state index contributed by atoms with van der Waals surface area (Å²) in [6.45, 7) is 3.64. The van der Waals surface area contributed by atoms with Crippen molar-refractivity contribution in [3.8, 4) is 5.88 Å². The van der Waals surface area contributed by atoms with Crippen molar-refractivity contribution >= 4 is 11.6 Å². The van der Waals surface area contributed by atoms with Crippen molar-refractivity contribution in [1.29, 1.82) is 0 Å². The summed E-state index contributed by atoms with van der Waals surface area (Å²) in [5, 5.41) is 14.0. The third kappa shape index (κ3) is 4.81. The molecule has 1 fully saturated rings. The van der Waals surface area contributed by atoms with Crippen molar-refractivity contribution in [2.75, 3.05) is 0 Å². The molecule has 0 bridgehead atoms. The molecule has 2 aromatic rings. The van der Waals surface area contributed by atoms with Gasteiger partial charge >= 0.3 is 0 Å². The number of pyridine rings is 1. The number of benzene rings is 1. The Balaban J connectivity index is 1.53. The number of nitrogens with one attached hydrogen (secondary N) is 1. The lowest BCUT2D eigenvalue weighted by atomic mass is 9.92. The first-order valence-corrected chi connectivity index (χ1v) is 9.07. The quantitative estimate of drug-likeness (QED) is 0.640. The molecule has 1 saturated carbocycles. The molecule has 1 amide bonds. The molecule has 0 atom stereocenters. The zero-order valence-corrected chi connectivity index (χ0v) is 15.5. The van der Waals surface area contributed by atoms with Gasteiger partial charge < -0.3 is 10.1 Å². The number of aryl methyl sites for hydroxylation is 2. The molecular weight excluding hydrogens is 346 g/mol. The highest BCUT2D eigenvalue weighted by atomic mass is 16.6. The van der Waals surface area contributed by atoms with Crippen LogP contribution in [0.4, 0.5) is 5.69 Å². The maximum atomic E-state index is 12.4. The number of hydrogen-bond acceptors (Lipinski definition) is 5. The highest BCUT2D eigenvalue weighted by Gasteiger charge is 2.25. The van der Waals surface area contributed by atoms with Crippen LogP contribution in [0.5, 0.6) is 5.88 Å². The van der Waals surface area contributed by atoms with Gasteiger partial charge in [0.1, 0.15) is 6.10 Å². The van der Waals surface area contributed by atoms with Gasteiger partial charge in [0.2, 0.25) is 5.88 Å². The van der Waals surface area contributed by atoms with Crippen LogP contribution in [0.25, 0.3) is 0 Å². The number of amides is 1. The second kappa shape index (κ2) is 8.16. The minimum absolute atomic E-state index is 0.0367. The van der Waals surface area contributed by atoms with Gasteiger partial charge in [0.15, 0.2) is 0 Å². The van der Waals surface area contributed by atoms with Crippen LogP contribution in [0.3, 0.4) is 0 Å². The molecule has 27 heavy (non-hydrogen) atoms. The van der Waals surface area contributed by atoms with E-state index in [0.29, 0.717) is 17.0 Å². The van der Waals surface area contributed by atoms with Crippen LogP contribution in [0, 0.1) is 24.0 Å². The van der Waals surface area contributed by atoms with Crippen LogP contribution in [-0.2, 0) is 0 Å². The van der Waals surface area contributed by atoms with Crippen molar-refractivity contribution in [1.82, 2.24) is 10.3 Å². The summed E-state index contributed by atoms with van der Waals surface area (Å²) in [7, 11) is 0. The van der Waals surface area contributed by atoms with Crippen LogP contribution in [-0.4, -0.2) is 28.0 Å². The van der Waals surface area contributed by atoms with Crippen molar-refractivity contribution < 1.29 is 14.5 Å². The summed E-state index contributed by atoms with van der Waals surface area (Å²) >= 11 is 0. The lowest BCUT2D eigenvalue weighted by molar-refractivity contribution is -0.385. The van der Waals surface area contributed by atoms with Crippen LogP contribution in [0.1, 0.15) is 47.2 Å². The van der Waals surface area contributed by atoms with E-state index in [4.69, 9.17) is 4.74 Å². The molecular formula is C20H23N3O4. The summed E-state index contributed by atoms with van der Waals surface area (Å²) in [5.74, 6) is 0.350. The molecule has 0 unspecified atom stereocenters. The van der Waals surface area contributed by atoms with Gasteiger partial charge in [-0.3, -0.25) is 14.9 Å². The molecule has 1 aliphatic rings. The van der Waals surface area contributed by atoms with E-state index in [0.717, 1.165) is 31.2 Å². The summed E-state index contributed by atoms with van der Waals surface area (Å²) in [4.78, 5) is 27.3. The topological polar surface area (TPSA) is 94.4 Å². The van der Waals surface area contributed by atoms with Gasteiger partial charge in [0.25, 0.3) is 11.6 Å². The molecule has 0 radical (unpaired) electrons. The Morgan fingerprint density at radius 2 is 1.93 bits per heavy atom. The average molecular weight is 369 g/mol. The highest BCUT2D eigenvalue weighted by molar-refractivity contribution is 5.95. The first-order chi connectivity index (χ1) is 12.9. The number of nitrogens with zero attached hydrogens (tertiary/aromatic N) is 2. The molecule has 142 valence electrons. The van der Waals surface area contributed by atoms with Gasteiger partial charge in [-0.1, -0.05) is 12.1 Å². The van der Waals surface area contributed by atoms with Gasteiger partial charge in [-0.25, -0.2) is 4.98 Å². The molecule has 1 N–H and O–H groups in total. The van der Waals surface area contributed by atoms with E-state index in [1.54, 1.807) is 25.3 Å². The normalized spacial score (nSPS) is 19.3. The monoisotopic (exact) mass is 369 g/mol. The molecule has 0 aliphatic heterocycles. The number of aromatic nitrogens is 1. The smallest absolute Gasteiger partial charge is 0.273 e. The number of rotatable bonds is 5. The lowest BCUT2D eigenvalue weighted by Crippen LogP contribution is -2.39. The summed E-state index contributed by atoms with van der Waals surface area (Å²) in [5.41, 5.74) is 1.91. The molecule has 1 aliphatic carbocycles. The summed E-state index contributed by atoms with van der Waals surface area (Å²) < 4.78 is 5.90. The van der Waals surface area contributed by atoms with Gasteiger partial charge in [0.05, 0.1) is 4.92 Å². The van der Waals surface area contributed by atoms with Crippen molar-refractivity contribution in [3.63, 3.8) is 0 Å². The Hall–Kier alpha value is -2.96. The van der Waals surface area contributed by atoms with E-state index in [-0.39, 0.29) is 23.7 Å². The van der Waals surface area contributed by atoms with Gasteiger partial charge in [0, 0.05) is 35.5 Å². The predicted octanol–water partition coefficient (Wildman–Crippen LogP) is 3.73. The molecule has 0 saturated heterocycles. The van der Waals surface area contributed by atoms with E-state index >= 15 is 0 Å². The van der Waals surface area contributed by atoms with Crippen molar-refractivity contribution in [3.05, 3.63) is 63.3 Å². The molecule has 7 heteroatoms. The predicted molar refractivity (Wildman–Crippen MR) is 101 cm³/mol. The Kier molecular flexibility index (Phi) is 5.69. The molecule has 1 aromatic heterocycles. The Labute approximate surface area is 157 Å². The van der Waals surface area contributed by atoms with Gasteiger partial charge in [-0.15, -0.1) is 0 Å². The van der Waals surface area contributed by atoms with Crippen LogP contribution >= 0.6 is 0 Å². The third-order valence-corrected chi connectivity index (χ3v) is 4.85. The number of carbonyl (C=O) groups excluding carboxylic acids is 1. The number of nitro groups is 1. The van der Waals surface area contributed by atoms with E-state index < -0.39 is 4.92 Å². The maximum Gasteiger partial charge on any atom is 0.273 e. The fraction of sp³-hybridized carbons (Fsp3) is 0.400. The Morgan fingerprint density at radius 3 is 2.56 bits per heavy atom.